The third kappa shape index (κ3) is 5.12. The van der Waals surface area contributed by atoms with E-state index in [2.05, 4.69) is 9.47 Å². The van der Waals surface area contributed by atoms with Crippen molar-refractivity contribution in [2.24, 2.45) is 0 Å². The number of carbonyl (C=O) groups is 2. The van der Waals surface area contributed by atoms with Gasteiger partial charge in [-0.15, -0.1) is 13.2 Å². The van der Waals surface area contributed by atoms with Crippen LogP contribution in [0.2, 0.25) is 0 Å². The standard InChI is InChI=1S/C11H14F4O6/c1-4-8(19-5(2)16)9(20-6(3)17)7(12)10(18-4)21-11(13,14)15/h4,7-10H,1-3H3/t4-,7-,8+,9-,10-/m0/s1. The first-order valence-electron chi connectivity index (χ1n) is 5.89. The van der Waals surface area contributed by atoms with E-state index in [0.29, 0.717) is 0 Å². The SMILES string of the molecule is CC(=O)O[C@H]1[C@H](F)[C@H](OC(F)(F)F)O[C@@H](C)[C@H]1OC(C)=O. The van der Waals surface area contributed by atoms with Gasteiger partial charge in [-0.2, -0.15) is 0 Å². The highest BCUT2D eigenvalue weighted by molar-refractivity contribution is 5.67. The molecule has 0 N–H and O–H groups in total. The van der Waals surface area contributed by atoms with Gasteiger partial charge in [0, 0.05) is 13.8 Å². The fourth-order valence-electron chi connectivity index (χ4n) is 1.87. The summed E-state index contributed by atoms with van der Waals surface area (Å²) in [5, 5.41) is 0. The Morgan fingerprint density at radius 1 is 1.05 bits per heavy atom. The predicted molar refractivity (Wildman–Crippen MR) is 57.5 cm³/mol. The highest BCUT2D eigenvalue weighted by Crippen LogP contribution is 2.32. The maximum absolute atomic E-state index is 14.1. The third-order valence-corrected chi connectivity index (χ3v) is 2.56. The van der Waals surface area contributed by atoms with Crippen molar-refractivity contribution in [2.45, 2.75) is 57.9 Å². The Balaban J connectivity index is 2.95. The smallest absolute Gasteiger partial charge is 0.456 e. The van der Waals surface area contributed by atoms with Crippen molar-refractivity contribution in [3.63, 3.8) is 0 Å². The lowest BCUT2D eigenvalue weighted by atomic mass is 10.0. The lowest BCUT2D eigenvalue weighted by Crippen LogP contribution is -2.59. The molecule has 1 rings (SSSR count). The largest absolute Gasteiger partial charge is 0.524 e. The van der Waals surface area contributed by atoms with Crippen LogP contribution in [-0.4, -0.2) is 49.1 Å². The van der Waals surface area contributed by atoms with E-state index in [0.717, 1.165) is 13.8 Å². The molecule has 1 saturated heterocycles. The van der Waals surface area contributed by atoms with Crippen LogP contribution in [0, 0.1) is 0 Å². The van der Waals surface area contributed by atoms with Crippen molar-refractivity contribution in [1.82, 2.24) is 0 Å². The second-order valence-corrected chi connectivity index (χ2v) is 4.37. The van der Waals surface area contributed by atoms with Crippen LogP contribution < -0.4 is 0 Å². The summed E-state index contributed by atoms with van der Waals surface area (Å²) in [6.07, 6.45) is -14.2. The maximum atomic E-state index is 14.1. The van der Waals surface area contributed by atoms with E-state index >= 15 is 0 Å². The van der Waals surface area contributed by atoms with Gasteiger partial charge >= 0.3 is 18.3 Å². The van der Waals surface area contributed by atoms with Gasteiger partial charge in [-0.1, -0.05) is 0 Å². The van der Waals surface area contributed by atoms with Crippen molar-refractivity contribution in [1.29, 1.82) is 0 Å². The number of esters is 2. The average Bonchev–Trinajstić information content (AvgIpc) is 2.27. The molecule has 1 aliphatic heterocycles. The molecule has 0 amide bonds. The Hall–Kier alpha value is -1.42. The molecule has 21 heavy (non-hydrogen) atoms. The van der Waals surface area contributed by atoms with Gasteiger partial charge in [0.25, 0.3) is 0 Å². The van der Waals surface area contributed by atoms with E-state index in [9.17, 15) is 27.2 Å². The summed E-state index contributed by atoms with van der Waals surface area (Å²) in [7, 11) is 0. The fraction of sp³-hybridized carbons (Fsp3) is 0.818. The monoisotopic (exact) mass is 318 g/mol. The second-order valence-electron chi connectivity index (χ2n) is 4.37. The van der Waals surface area contributed by atoms with Crippen LogP contribution in [-0.2, 0) is 28.5 Å². The van der Waals surface area contributed by atoms with E-state index < -0.39 is 49.1 Å². The molecule has 10 heteroatoms. The Labute approximate surface area is 117 Å². The second kappa shape index (κ2) is 6.56. The predicted octanol–water partition coefficient (Wildman–Crippen LogP) is 1.47. The van der Waals surface area contributed by atoms with Crippen molar-refractivity contribution >= 4 is 11.9 Å². The van der Waals surface area contributed by atoms with Crippen LogP contribution in [0.4, 0.5) is 17.6 Å². The number of hydrogen-bond acceptors (Lipinski definition) is 6. The summed E-state index contributed by atoms with van der Waals surface area (Å²) in [4.78, 5) is 21.9. The first-order chi connectivity index (χ1) is 9.51. The Morgan fingerprint density at radius 3 is 1.95 bits per heavy atom. The molecule has 1 fully saturated rings. The average molecular weight is 318 g/mol. The summed E-state index contributed by atoms with van der Waals surface area (Å²) < 4.78 is 68.2. The van der Waals surface area contributed by atoms with Gasteiger partial charge in [0.2, 0.25) is 6.29 Å². The quantitative estimate of drug-likeness (QED) is 0.580. The number of hydrogen-bond donors (Lipinski definition) is 0. The summed E-state index contributed by atoms with van der Waals surface area (Å²) in [5.41, 5.74) is 0. The first-order valence-corrected chi connectivity index (χ1v) is 5.89. The fourth-order valence-corrected chi connectivity index (χ4v) is 1.87. The van der Waals surface area contributed by atoms with Crippen molar-refractivity contribution in [3.8, 4) is 0 Å². The van der Waals surface area contributed by atoms with E-state index in [1.165, 1.54) is 6.92 Å². The molecule has 0 aromatic carbocycles. The van der Waals surface area contributed by atoms with Crippen LogP contribution >= 0.6 is 0 Å². The summed E-state index contributed by atoms with van der Waals surface area (Å²) in [5.74, 6) is -1.77. The molecule has 6 nitrogen and oxygen atoms in total. The van der Waals surface area contributed by atoms with Crippen LogP contribution in [0.15, 0.2) is 0 Å². The van der Waals surface area contributed by atoms with E-state index in [-0.39, 0.29) is 0 Å². The van der Waals surface area contributed by atoms with Crippen molar-refractivity contribution in [3.05, 3.63) is 0 Å². The van der Waals surface area contributed by atoms with Crippen LogP contribution in [0.5, 0.6) is 0 Å². The molecule has 0 spiro atoms. The van der Waals surface area contributed by atoms with Crippen LogP contribution in [0.25, 0.3) is 0 Å². The zero-order chi connectivity index (χ0) is 16.4. The Kier molecular flexibility index (Phi) is 5.51. The molecule has 0 bridgehead atoms. The summed E-state index contributed by atoms with van der Waals surface area (Å²) in [6.45, 7) is 3.20. The number of halogens is 4. The van der Waals surface area contributed by atoms with Gasteiger partial charge in [0.1, 0.15) is 0 Å². The molecule has 1 aliphatic rings. The van der Waals surface area contributed by atoms with E-state index in [4.69, 9.17) is 9.47 Å². The minimum Gasteiger partial charge on any atom is -0.456 e. The third-order valence-electron chi connectivity index (χ3n) is 2.56. The lowest BCUT2D eigenvalue weighted by molar-refractivity contribution is -0.408. The maximum Gasteiger partial charge on any atom is 0.524 e. The molecule has 122 valence electrons. The molecular formula is C11H14F4O6. The van der Waals surface area contributed by atoms with Crippen LogP contribution in [0.1, 0.15) is 20.8 Å². The van der Waals surface area contributed by atoms with Gasteiger partial charge < -0.3 is 14.2 Å². The van der Waals surface area contributed by atoms with Gasteiger partial charge in [0.15, 0.2) is 18.4 Å². The van der Waals surface area contributed by atoms with Gasteiger partial charge in [-0.3, -0.25) is 14.3 Å². The Morgan fingerprint density at radius 2 is 1.52 bits per heavy atom. The molecule has 0 aromatic rings. The zero-order valence-electron chi connectivity index (χ0n) is 11.3. The molecule has 0 aliphatic carbocycles. The number of carbonyl (C=O) groups excluding carboxylic acids is 2. The zero-order valence-corrected chi connectivity index (χ0v) is 11.3. The normalized spacial score (nSPS) is 33.4. The minimum absolute atomic E-state index is 0.824. The van der Waals surface area contributed by atoms with Gasteiger partial charge in [-0.05, 0) is 6.92 Å². The summed E-state index contributed by atoms with van der Waals surface area (Å²) >= 11 is 0. The van der Waals surface area contributed by atoms with Gasteiger partial charge in [-0.25, -0.2) is 4.39 Å². The van der Waals surface area contributed by atoms with Crippen LogP contribution in [0.3, 0.4) is 0 Å². The lowest BCUT2D eigenvalue weighted by Gasteiger charge is -2.40. The minimum atomic E-state index is -5.14. The van der Waals surface area contributed by atoms with E-state index in [1.807, 2.05) is 0 Å². The van der Waals surface area contributed by atoms with Gasteiger partial charge in [0.05, 0.1) is 6.10 Å². The molecule has 1 heterocycles. The molecule has 0 aromatic heterocycles. The molecule has 0 saturated carbocycles. The van der Waals surface area contributed by atoms with Crippen molar-refractivity contribution < 1.29 is 46.1 Å². The number of rotatable bonds is 3. The first kappa shape index (κ1) is 17.6. The van der Waals surface area contributed by atoms with E-state index in [1.54, 1.807) is 0 Å². The Bertz CT molecular complexity index is 399. The number of ether oxygens (including phenoxy) is 4. The molecule has 0 unspecified atom stereocenters. The number of alkyl halides is 4. The topological polar surface area (TPSA) is 71.1 Å². The highest BCUT2D eigenvalue weighted by atomic mass is 19.4. The molecular weight excluding hydrogens is 304 g/mol. The molecule has 0 radical (unpaired) electrons. The highest BCUT2D eigenvalue weighted by Gasteiger charge is 2.52. The van der Waals surface area contributed by atoms with Crippen molar-refractivity contribution in [2.75, 3.05) is 0 Å². The molecule has 5 atom stereocenters. The summed E-state index contributed by atoms with van der Waals surface area (Å²) in [6, 6.07) is 0.